The third kappa shape index (κ3) is 12.8. The van der Waals surface area contributed by atoms with Crippen LogP contribution in [0.15, 0.2) is 91.0 Å². The minimum atomic E-state index is -0.185. The number of aryl methyl sites for hydroxylation is 2. The number of anilines is 4. The highest BCUT2D eigenvalue weighted by Crippen LogP contribution is 2.44. The van der Waals surface area contributed by atoms with Gasteiger partial charge in [0.1, 0.15) is 24.7 Å². The summed E-state index contributed by atoms with van der Waals surface area (Å²) in [7, 11) is 8.97. The van der Waals surface area contributed by atoms with E-state index in [1.165, 1.54) is 11.1 Å². The van der Waals surface area contributed by atoms with E-state index in [-0.39, 0.29) is 41.9 Å². The first kappa shape index (κ1) is 55.1. The first-order chi connectivity index (χ1) is 36.8. The molecule has 0 saturated heterocycles. The van der Waals surface area contributed by atoms with E-state index in [0.717, 1.165) is 94.2 Å². The molecule has 2 amide bonds. The van der Waals surface area contributed by atoms with Crippen molar-refractivity contribution in [2.45, 2.75) is 103 Å². The molecule has 0 saturated carbocycles. The van der Waals surface area contributed by atoms with Gasteiger partial charge in [-0.3, -0.25) is 14.4 Å². The first-order valence-corrected chi connectivity index (χ1v) is 29.2. The van der Waals surface area contributed by atoms with Crippen LogP contribution in [0, 0.1) is 6.92 Å². The van der Waals surface area contributed by atoms with E-state index < -0.39 is 0 Å². The van der Waals surface area contributed by atoms with Crippen molar-refractivity contribution in [3.8, 4) is 17.2 Å². The molecule has 76 heavy (non-hydrogen) atoms. The number of methoxy groups -OCH3 is 2. The van der Waals surface area contributed by atoms with Gasteiger partial charge in [0.25, 0.3) is 11.8 Å². The van der Waals surface area contributed by atoms with Gasteiger partial charge < -0.3 is 48.0 Å². The minimum Gasteiger partial charge on any atom is -0.493 e. The standard InChI is InChI=1S/C61H74N4O9S2/c1-8-50(66)16-13-27-75-76-61(3,4)40-63(21-22-71-25-26-72-24-23-69-6)48-30-42(38-73-56-34-44-19-20-47-32-45-14-9-11-17-53(45)64(47)59(67)51(44)28-41(56)2)29-43(31-48)39-74-58-36-55-52(35-57(58)70-7)60(68)65-49(37-62(55)5)33-46-15-10-12-18-54(46)65/h9-12,14-15,17-18,28-31,34-36,47,49H,8,13,16,19-27,32-33,37-40H2,1-7H3/t47-,49+/m1/s1. The van der Waals surface area contributed by atoms with Crippen LogP contribution >= 0.6 is 21.6 Å². The van der Waals surface area contributed by atoms with Crippen LogP contribution in [0.25, 0.3) is 0 Å². The molecule has 0 aromatic heterocycles. The molecule has 0 spiro atoms. The third-order valence-electron chi connectivity index (χ3n) is 14.8. The van der Waals surface area contributed by atoms with Crippen molar-refractivity contribution in [2.24, 2.45) is 0 Å². The van der Waals surface area contributed by atoms with Gasteiger partial charge in [-0.1, -0.05) is 64.9 Å². The molecule has 13 nitrogen and oxygen atoms in total. The number of ketones is 1. The molecule has 0 fully saturated rings. The number of hydrogen-bond acceptors (Lipinski definition) is 13. The average molecular weight is 1070 g/mol. The summed E-state index contributed by atoms with van der Waals surface area (Å²) in [4.78, 5) is 49.2. The highest BCUT2D eigenvalue weighted by Gasteiger charge is 2.40. The van der Waals surface area contributed by atoms with Crippen LogP contribution < -0.4 is 33.8 Å². The molecule has 4 aliphatic heterocycles. The Hall–Kier alpha value is -5.71. The molecule has 5 aromatic carbocycles. The molecule has 0 radical (unpaired) electrons. The molecule has 0 aliphatic carbocycles. The van der Waals surface area contributed by atoms with E-state index >= 15 is 0 Å². The summed E-state index contributed by atoms with van der Waals surface area (Å²) >= 11 is 0. The fourth-order valence-corrected chi connectivity index (χ4v) is 13.6. The Morgan fingerprint density at radius 2 is 1.37 bits per heavy atom. The summed E-state index contributed by atoms with van der Waals surface area (Å²) in [6.07, 6.45) is 5.38. The van der Waals surface area contributed by atoms with Crippen molar-refractivity contribution in [1.29, 1.82) is 0 Å². The molecule has 2 atom stereocenters. The van der Waals surface area contributed by atoms with Crippen LogP contribution in [0.2, 0.25) is 0 Å². The number of benzene rings is 5. The van der Waals surface area contributed by atoms with Gasteiger partial charge in [-0.15, -0.1) is 0 Å². The van der Waals surface area contributed by atoms with Gasteiger partial charge in [0, 0.05) is 91.9 Å². The number of nitrogens with zero attached hydrogens (tertiary/aromatic N) is 4. The number of amides is 2. The summed E-state index contributed by atoms with van der Waals surface area (Å²) in [5.41, 5.74) is 11.3. The van der Waals surface area contributed by atoms with Crippen LogP contribution in [0.4, 0.5) is 22.7 Å². The molecule has 404 valence electrons. The first-order valence-electron chi connectivity index (χ1n) is 26.8. The lowest BCUT2D eigenvalue weighted by Gasteiger charge is -2.34. The van der Waals surface area contributed by atoms with Gasteiger partial charge in [0.15, 0.2) is 11.5 Å². The summed E-state index contributed by atoms with van der Waals surface area (Å²) < 4.78 is 36.4. The molecule has 15 heteroatoms. The second kappa shape index (κ2) is 25.2. The van der Waals surface area contributed by atoms with Gasteiger partial charge in [0.05, 0.1) is 57.4 Å². The van der Waals surface area contributed by atoms with E-state index in [0.29, 0.717) is 88.4 Å². The van der Waals surface area contributed by atoms with Gasteiger partial charge in [-0.25, -0.2) is 0 Å². The smallest absolute Gasteiger partial charge is 0.260 e. The Labute approximate surface area is 457 Å². The second-order valence-electron chi connectivity index (χ2n) is 20.9. The lowest BCUT2D eigenvalue weighted by Crippen LogP contribution is -2.41. The number of Topliss-reactive ketones (excluding diaryl/α,β-unsaturated/α-hetero) is 1. The maximum atomic E-state index is 14.4. The predicted molar refractivity (Wildman–Crippen MR) is 307 cm³/mol. The van der Waals surface area contributed by atoms with Crippen molar-refractivity contribution in [3.05, 3.63) is 136 Å². The maximum absolute atomic E-state index is 14.4. The van der Waals surface area contributed by atoms with Gasteiger partial charge in [0.2, 0.25) is 0 Å². The zero-order chi connectivity index (χ0) is 53.3. The molecule has 0 bridgehead atoms. The summed E-state index contributed by atoms with van der Waals surface area (Å²) in [5.74, 6) is 2.98. The highest BCUT2D eigenvalue weighted by molar-refractivity contribution is 8.77. The van der Waals surface area contributed by atoms with Crippen LogP contribution in [0.1, 0.15) is 101 Å². The molecular formula is C61H74N4O9S2. The number of carbonyl (C=O) groups is 3. The third-order valence-corrected chi connectivity index (χ3v) is 18.2. The average Bonchev–Trinajstić information content (AvgIpc) is 3.97. The number of ether oxygens (including phenoxy) is 6. The summed E-state index contributed by atoms with van der Waals surface area (Å²) in [5, 5.41) is 0. The molecule has 0 N–H and O–H groups in total. The number of para-hydroxylation sites is 2. The largest absolute Gasteiger partial charge is 0.493 e. The van der Waals surface area contributed by atoms with Crippen LogP contribution in [0.5, 0.6) is 17.2 Å². The Balaban J connectivity index is 0.996. The van der Waals surface area contributed by atoms with E-state index in [1.807, 2.05) is 94.7 Å². The van der Waals surface area contributed by atoms with E-state index in [2.05, 4.69) is 72.2 Å². The predicted octanol–water partition coefficient (Wildman–Crippen LogP) is 11.1. The molecular weight excluding hydrogens is 997 g/mol. The quantitative estimate of drug-likeness (QED) is 0.0386. The van der Waals surface area contributed by atoms with Crippen molar-refractivity contribution in [2.75, 3.05) is 99.3 Å². The fourth-order valence-electron chi connectivity index (χ4n) is 11.0. The second-order valence-corrected chi connectivity index (χ2v) is 24.0. The van der Waals surface area contributed by atoms with E-state index in [9.17, 15) is 14.4 Å². The van der Waals surface area contributed by atoms with Crippen LogP contribution in [0.3, 0.4) is 0 Å². The molecule has 4 aliphatic rings. The SMILES string of the molecule is CCC(=O)CCCSSC(C)(C)CN(CCOCCOCCOC)c1cc(COc2cc3c(cc2C)C(=O)N2c4ccccc4C[C@H]2CC3)cc(COc2cc3c(cc2OC)C(=O)N2c4ccccc4C[C@H]2CN3C)c1. The van der Waals surface area contributed by atoms with Crippen molar-refractivity contribution in [3.63, 3.8) is 0 Å². The van der Waals surface area contributed by atoms with Gasteiger partial charge in [-0.05, 0) is 135 Å². The summed E-state index contributed by atoms with van der Waals surface area (Å²) in [6.45, 7) is 13.4. The topological polar surface area (TPSA) is 120 Å². The number of likely N-dealkylation sites (N-methyl/N-ethyl adjacent to an activating group) is 1. The molecule has 4 heterocycles. The zero-order valence-electron chi connectivity index (χ0n) is 45.3. The van der Waals surface area contributed by atoms with Crippen LogP contribution in [-0.2, 0) is 51.5 Å². The van der Waals surface area contributed by atoms with E-state index in [4.69, 9.17) is 28.4 Å². The van der Waals surface area contributed by atoms with Gasteiger partial charge in [-0.2, -0.15) is 0 Å². The Morgan fingerprint density at radius 1 is 0.724 bits per heavy atom. The fraction of sp³-hybridized carbons (Fsp3) is 0.459. The Morgan fingerprint density at radius 3 is 2.07 bits per heavy atom. The zero-order valence-corrected chi connectivity index (χ0v) is 47.0. The lowest BCUT2D eigenvalue weighted by molar-refractivity contribution is -0.118. The monoisotopic (exact) mass is 1070 g/mol. The number of rotatable bonds is 26. The van der Waals surface area contributed by atoms with E-state index in [1.54, 1.807) is 14.2 Å². The molecule has 9 rings (SSSR count). The minimum absolute atomic E-state index is 0.00927. The highest BCUT2D eigenvalue weighted by atomic mass is 33.1. The lowest BCUT2D eigenvalue weighted by atomic mass is 9.98. The number of hydrogen-bond donors (Lipinski definition) is 0. The van der Waals surface area contributed by atoms with Crippen LogP contribution in [-0.4, -0.2) is 114 Å². The van der Waals surface area contributed by atoms with Crippen molar-refractivity contribution >= 4 is 61.9 Å². The van der Waals surface area contributed by atoms with Crippen molar-refractivity contribution < 1.29 is 42.8 Å². The summed E-state index contributed by atoms with van der Waals surface area (Å²) in [6, 6.07) is 31.0. The normalized spacial score (nSPS) is 16.5. The van der Waals surface area contributed by atoms with Gasteiger partial charge >= 0.3 is 0 Å². The Kier molecular flexibility index (Phi) is 18.2. The van der Waals surface area contributed by atoms with Crippen molar-refractivity contribution in [1.82, 2.24) is 0 Å². The molecule has 5 aromatic rings. The maximum Gasteiger partial charge on any atom is 0.260 e. The number of fused-ring (bicyclic) bond motifs is 8. The Bertz CT molecular complexity index is 2880. The molecule has 0 unspecified atom stereocenters. The number of carbonyl (C=O) groups excluding carboxylic acids is 3.